The van der Waals surface area contributed by atoms with Crippen LogP contribution in [-0.2, 0) is 0 Å². The van der Waals surface area contributed by atoms with Crippen LogP contribution in [-0.4, -0.2) is 16.3 Å². The van der Waals surface area contributed by atoms with Gasteiger partial charge in [0.05, 0.1) is 16.6 Å². The highest BCUT2D eigenvalue weighted by Crippen LogP contribution is 2.36. The number of aliphatic hydroxyl groups excluding tert-OH is 1. The molecule has 110 valence electrons. The summed E-state index contributed by atoms with van der Waals surface area (Å²) >= 11 is 6.61. The first-order chi connectivity index (χ1) is 8.32. The van der Waals surface area contributed by atoms with Gasteiger partial charge < -0.3 is 15.9 Å². The Morgan fingerprint density at radius 3 is 2.32 bits per heavy atom. The standard InChI is InChI=1S/C13H19Br2NO2.ClH/c1-7(2)3-4-11(17)12(16)9-5-8(14)6-10(15)13(9)18;/h5-7,11-12,17-18H,3-4,16H2,1-2H3;1H/t11-,12+;/m1./s1. The summed E-state index contributed by atoms with van der Waals surface area (Å²) in [5.41, 5.74) is 6.56. The van der Waals surface area contributed by atoms with E-state index in [1.54, 1.807) is 12.1 Å². The Morgan fingerprint density at radius 2 is 1.79 bits per heavy atom. The molecule has 0 aliphatic rings. The summed E-state index contributed by atoms with van der Waals surface area (Å²) in [7, 11) is 0. The molecule has 1 aromatic carbocycles. The zero-order valence-electron chi connectivity index (χ0n) is 10.9. The van der Waals surface area contributed by atoms with Crippen LogP contribution in [0.4, 0.5) is 0 Å². The molecule has 0 amide bonds. The fraction of sp³-hybridized carbons (Fsp3) is 0.538. The zero-order valence-corrected chi connectivity index (χ0v) is 14.9. The number of hydrogen-bond donors (Lipinski definition) is 3. The second-order valence-electron chi connectivity index (χ2n) is 4.89. The SMILES string of the molecule is CC(C)CC[C@@H](O)[C@@H](N)c1cc(Br)cc(Br)c1O.Cl. The summed E-state index contributed by atoms with van der Waals surface area (Å²) in [6, 6.07) is 2.90. The third kappa shape index (κ3) is 5.60. The molecule has 2 atom stereocenters. The zero-order chi connectivity index (χ0) is 13.9. The predicted octanol–water partition coefficient (Wildman–Crippen LogP) is 4.14. The van der Waals surface area contributed by atoms with E-state index in [1.807, 2.05) is 0 Å². The number of halogens is 3. The molecule has 0 saturated heterocycles. The van der Waals surface area contributed by atoms with Crippen molar-refractivity contribution < 1.29 is 10.2 Å². The van der Waals surface area contributed by atoms with Gasteiger partial charge in [-0.15, -0.1) is 12.4 Å². The molecule has 0 aliphatic heterocycles. The Hall–Kier alpha value is 0.190. The first-order valence-electron chi connectivity index (χ1n) is 5.94. The average molecular weight is 418 g/mol. The lowest BCUT2D eigenvalue weighted by atomic mass is 9.95. The van der Waals surface area contributed by atoms with Crippen LogP contribution < -0.4 is 5.73 Å². The first-order valence-corrected chi connectivity index (χ1v) is 7.53. The summed E-state index contributed by atoms with van der Waals surface area (Å²) in [6.45, 7) is 4.21. The summed E-state index contributed by atoms with van der Waals surface area (Å²) in [6.07, 6.45) is 0.882. The molecule has 4 N–H and O–H groups in total. The van der Waals surface area contributed by atoms with Crippen LogP contribution in [0.1, 0.15) is 38.3 Å². The molecule has 0 bridgehead atoms. The van der Waals surface area contributed by atoms with Crippen molar-refractivity contribution in [1.82, 2.24) is 0 Å². The largest absolute Gasteiger partial charge is 0.506 e. The topological polar surface area (TPSA) is 66.5 Å². The maximum atomic E-state index is 10.1. The fourth-order valence-electron chi connectivity index (χ4n) is 1.73. The van der Waals surface area contributed by atoms with E-state index in [0.29, 0.717) is 22.4 Å². The summed E-state index contributed by atoms with van der Waals surface area (Å²) in [5.74, 6) is 0.615. The number of phenolic OH excluding ortho intramolecular Hbond substituents is 1. The molecule has 1 aromatic rings. The van der Waals surface area contributed by atoms with Gasteiger partial charge in [0, 0.05) is 10.0 Å². The van der Waals surface area contributed by atoms with Crippen molar-refractivity contribution in [1.29, 1.82) is 0 Å². The van der Waals surface area contributed by atoms with Gasteiger partial charge >= 0.3 is 0 Å². The number of nitrogens with two attached hydrogens (primary N) is 1. The number of hydrogen-bond acceptors (Lipinski definition) is 3. The Bertz CT molecular complexity index is 416. The van der Waals surface area contributed by atoms with E-state index in [4.69, 9.17) is 5.73 Å². The first kappa shape index (κ1) is 19.2. The molecule has 0 aliphatic carbocycles. The minimum absolute atomic E-state index is 0. The molecule has 0 aromatic heterocycles. The van der Waals surface area contributed by atoms with Crippen LogP contribution in [0.25, 0.3) is 0 Å². The van der Waals surface area contributed by atoms with E-state index in [0.717, 1.165) is 10.9 Å². The maximum Gasteiger partial charge on any atom is 0.134 e. The minimum Gasteiger partial charge on any atom is -0.506 e. The van der Waals surface area contributed by atoms with Crippen molar-refractivity contribution in [2.45, 2.75) is 38.8 Å². The normalized spacial score (nSPS) is 14.1. The minimum atomic E-state index is -0.653. The van der Waals surface area contributed by atoms with Crippen LogP contribution in [0.2, 0.25) is 0 Å². The quantitative estimate of drug-likeness (QED) is 0.675. The lowest BCUT2D eigenvalue weighted by Gasteiger charge is -2.21. The summed E-state index contributed by atoms with van der Waals surface area (Å²) in [4.78, 5) is 0. The predicted molar refractivity (Wildman–Crippen MR) is 87.8 cm³/mol. The van der Waals surface area contributed by atoms with Gasteiger partial charge in [0.2, 0.25) is 0 Å². The molecule has 6 heteroatoms. The molecular formula is C13H20Br2ClNO2. The Balaban J connectivity index is 0.00000324. The third-order valence-electron chi connectivity index (χ3n) is 2.87. The maximum absolute atomic E-state index is 10.1. The van der Waals surface area contributed by atoms with Crippen LogP contribution in [0.15, 0.2) is 21.1 Å². The van der Waals surface area contributed by atoms with Crippen LogP contribution in [0.3, 0.4) is 0 Å². The molecule has 0 fully saturated rings. The second-order valence-corrected chi connectivity index (χ2v) is 6.66. The molecular weight excluding hydrogens is 397 g/mol. The van der Waals surface area contributed by atoms with E-state index >= 15 is 0 Å². The van der Waals surface area contributed by atoms with E-state index in [1.165, 1.54) is 0 Å². The van der Waals surface area contributed by atoms with Crippen molar-refractivity contribution in [3.63, 3.8) is 0 Å². The van der Waals surface area contributed by atoms with Crippen molar-refractivity contribution >= 4 is 44.3 Å². The van der Waals surface area contributed by atoms with Crippen molar-refractivity contribution in [3.05, 3.63) is 26.6 Å². The van der Waals surface area contributed by atoms with Crippen LogP contribution >= 0.6 is 44.3 Å². The van der Waals surface area contributed by atoms with Crippen LogP contribution in [0, 0.1) is 5.92 Å². The Labute approximate surface area is 137 Å². The van der Waals surface area contributed by atoms with Gasteiger partial charge in [-0.3, -0.25) is 0 Å². The number of rotatable bonds is 5. The van der Waals surface area contributed by atoms with Gasteiger partial charge in [-0.25, -0.2) is 0 Å². The monoisotopic (exact) mass is 415 g/mol. The molecule has 0 radical (unpaired) electrons. The van der Waals surface area contributed by atoms with Crippen molar-refractivity contribution in [2.24, 2.45) is 11.7 Å². The van der Waals surface area contributed by atoms with Gasteiger partial charge in [0.25, 0.3) is 0 Å². The number of aliphatic hydroxyl groups is 1. The smallest absolute Gasteiger partial charge is 0.134 e. The van der Waals surface area contributed by atoms with Gasteiger partial charge in [-0.1, -0.05) is 29.8 Å². The molecule has 3 nitrogen and oxygen atoms in total. The van der Waals surface area contributed by atoms with E-state index in [2.05, 4.69) is 45.7 Å². The van der Waals surface area contributed by atoms with Gasteiger partial charge in [0.15, 0.2) is 0 Å². The Kier molecular flexibility index (Phi) is 8.56. The molecule has 0 saturated carbocycles. The number of aromatic hydroxyl groups is 1. The Morgan fingerprint density at radius 1 is 1.21 bits per heavy atom. The third-order valence-corrected chi connectivity index (χ3v) is 3.93. The summed E-state index contributed by atoms with van der Waals surface area (Å²) in [5, 5.41) is 20.0. The lowest BCUT2D eigenvalue weighted by Crippen LogP contribution is -2.26. The van der Waals surface area contributed by atoms with E-state index in [-0.39, 0.29) is 18.2 Å². The summed E-state index contributed by atoms with van der Waals surface area (Å²) < 4.78 is 1.38. The van der Waals surface area contributed by atoms with Gasteiger partial charge in [0.1, 0.15) is 5.75 Å². The second kappa shape index (κ2) is 8.47. The molecule has 0 spiro atoms. The number of benzene rings is 1. The number of phenols is 1. The van der Waals surface area contributed by atoms with Crippen molar-refractivity contribution in [2.75, 3.05) is 0 Å². The van der Waals surface area contributed by atoms with E-state index in [9.17, 15) is 10.2 Å². The highest BCUT2D eigenvalue weighted by atomic mass is 79.9. The van der Waals surface area contributed by atoms with Crippen LogP contribution in [0.5, 0.6) is 5.75 Å². The van der Waals surface area contributed by atoms with E-state index < -0.39 is 12.1 Å². The molecule has 1 rings (SSSR count). The molecule has 19 heavy (non-hydrogen) atoms. The van der Waals surface area contributed by atoms with Gasteiger partial charge in [-0.2, -0.15) is 0 Å². The lowest BCUT2D eigenvalue weighted by molar-refractivity contribution is 0.127. The molecule has 0 heterocycles. The average Bonchev–Trinajstić information content (AvgIpc) is 2.29. The highest BCUT2D eigenvalue weighted by Gasteiger charge is 2.21. The van der Waals surface area contributed by atoms with Crippen molar-refractivity contribution in [3.8, 4) is 5.75 Å². The highest BCUT2D eigenvalue weighted by molar-refractivity contribution is 9.11. The van der Waals surface area contributed by atoms with Gasteiger partial charge in [-0.05, 0) is 46.8 Å². The fourth-order valence-corrected chi connectivity index (χ4v) is 2.99. The molecule has 0 unspecified atom stereocenters.